The highest BCUT2D eigenvalue weighted by Gasteiger charge is 2.54. The molecule has 2 rings (SSSR count). The first-order valence-electron chi connectivity index (χ1n) is 5.70. The molecule has 2 heterocycles. The highest BCUT2D eigenvalue weighted by molar-refractivity contribution is 7.51. The molecule has 6 nitrogen and oxygen atoms in total. The van der Waals surface area contributed by atoms with Gasteiger partial charge in [0.25, 0.3) is 0 Å². The number of methoxy groups -OCH3 is 1. The summed E-state index contributed by atoms with van der Waals surface area (Å²) in [6, 6.07) is 0.281. The van der Waals surface area contributed by atoms with Crippen molar-refractivity contribution in [2.24, 2.45) is 5.41 Å². The molecular weight excluding hydrogens is 245 g/mol. The van der Waals surface area contributed by atoms with E-state index in [0.717, 1.165) is 13.0 Å². The van der Waals surface area contributed by atoms with Crippen LogP contribution in [0.5, 0.6) is 0 Å². The summed E-state index contributed by atoms with van der Waals surface area (Å²) < 4.78 is 29.3. The summed E-state index contributed by atoms with van der Waals surface area (Å²) in [4.78, 5) is 11.5. The van der Waals surface area contributed by atoms with E-state index in [4.69, 9.17) is 9.05 Å². The average molecular weight is 263 g/mol. The lowest BCUT2D eigenvalue weighted by Gasteiger charge is -2.34. The Labute approximate surface area is 101 Å². The van der Waals surface area contributed by atoms with Crippen LogP contribution >= 0.6 is 7.75 Å². The van der Waals surface area contributed by atoms with Gasteiger partial charge in [-0.2, -0.15) is 0 Å². The van der Waals surface area contributed by atoms with Crippen molar-refractivity contribution in [3.63, 3.8) is 0 Å². The highest BCUT2D eigenvalue weighted by atomic mass is 31.2. The van der Waals surface area contributed by atoms with Gasteiger partial charge in [-0.3, -0.25) is 13.8 Å². The summed E-state index contributed by atoms with van der Waals surface area (Å²) in [7, 11) is -1.83. The maximum atomic E-state index is 12.3. The maximum absolute atomic E-state index is 12.3. The molecule has 0 aromatic heterocycles. The van der Waals surface area contributed by atoms with Crippen molar-refractivity contribution in [2.75, 3.05) is 26.9 Å². The van der Waals surface area contributed by atoms with E-state index < -0.39 is 19.1 Å². The van der Waals surface area contributed by atoms with Crippen molar-refractivity contribution in [1.29, 1.82) is 0 Å². The van der Waals surface area contributed by atoms with E-state index in [1.165, 1.54) is 7.11 Å². The van der Waals surface area contributed by atoms with Crippen molar-refractivity contribution in [3.05, 3.63) is 0 Å². The van der Waals surface area contributed by atoms with Crippen LogP contribution < -0.4 is 0 Å². The van der Waals surface area contributed by atoms with Crippen molar-refractivity contribution >= 4 is 13.7 Å². The highest BCUT2D eigenvalue weighted by Crippen LogP contribution is 2.62. The van der Waals surface area contributed by atoms with Gasteiger partial charge in [0.15, 0.2) is 0 Å². The largest absolute Gasteiger partial charge is 0.468 e. The number of nitrogens with zero attached hydrogens (tertiary/aromatic N) is 1. The molecule has 0 aliphatic carbocycles. The Kier molecular flexibility index (Phi) is 3.34. The van der Waals surface area contributed by atoms with Crippen LogP contribution in [0.15, 0.2) is 0 Å². The smallest absolute Gasteiger partial charge is 0.408 e. The fraction of sp³-hybridized carbons (Fsp3) is 0.900. The molecule has 98 valence electrons. The van der Waals surface area contributed by atoms with E-state index in [-0.39, 0.29) is 19.3 Å². The summed E-state index contributed by atoms with van der Waals surface area (Å²) in [6.45, 7) is 4.59. The van der Waals surface area contributed by atoms with Gasteiger partial charge in [-0.15, -0.1) is 0 Å². The third kappa shape index (κ3) is 2.27. The van der Waals surface area contributed by atoms with Gasteiger partial charge in [0.1, 0.15) is 5.41 Å². The second kappa shape index (κ2) is 4.35. The topological polar surface area (TPSA) is 64.8 Å². The second-order valence-electron chi connectivity index (χ2n) is 4.75. The van der Waals surface area contributed by atoms with E-state index >= 15 is 0 Å². The van der Waals surface area contributed by atoms with Crippen LogP contribution in [0.3, 0.4) is 0 Å². The van der Waals surface area contributed by atoms with Crippen LogP contribution in [0, 0.1) is 5.41 Å². The molecule has 0 saturated carbocycles. The minimum absolute atomic E-state index is 0.0733. The van der Waals surface area contributed by atoms with Crippen molar-refractivity contribution < 1.29 is 23.1 Å². The zero-order valence-electron chi connectivity index (χ0n) is 10.3. The molecule has 2 fully saturated rings. The van der Waals surface area contributed by atoms with Gasteiger partial charge < -0.3 is 4.74 Å². The predicted octanol–water partition coefficient (Wildman–Crippen LogP) is 1.41. The molecule has 17 heavy (non-hydrogen) atoms. The first-order valence-corrected chi connectivity index (χ1v) is 7.19. The maximum Gasteiger partial charge on any atom is 0.408 e. The van der Waals surface area contributed by atoms with Gasteiger partial charge in [-0.1, -0.05) is 6.92 Å². The van der Waals surface area contributed by atoms with Gasteiger partial charge in [0.05, 0.1) is 20.3 Å². The minimum atomic E-state index is -3.15. The molecule has 2 aliphatic heterocycles. The summed E-state index contributed by atoms with van der Waals surface area (Å²) in [5.74, 6) is -0.401. The van der Waals surface area contributed by atoms with E-state index in [0.29, 0.717) is 0 Å². The zero-order valence-corrected chi connectivity index (χ0v) is 11.2. The summed E-state index contributed by atoms with van der Waals surface area (Å²) in [5.41, 5.74) is -0.861. The third-order valence-electron chi connectivity index (χ3n) is 3.24. The Morgan fingerprint density at radius 2 is 2.12 bits per heavy atom. The third-order valence-corrected chi connectivity index (χ3v) is 5.27. The molecule has 2 aliphatic rings. The molecule has 7 heteroatoms. The first-order chi connectivity index (χ1) is 7.95. The van der Waals surface area contributed by atoms with Crippen LogP contribution in [0.2, 0.25) is 0 Å². The normalized spacial score (nSPS) is 45.4. The average Bonchev–Trinajstić information content (AvgIpc) is 3.12. The van der Waals surface area contributed by atoms with Crippen molar-refractivity contribution in [3.8, 4) is 0 Å². The fourth-order valence-corrected chi connectivity index (χ4v) is 4.07. The lowest BCUT2D eigenvalue weighted by molar-refractivity contribution is -0.158. The quantitative estimate of drug-likeness (QED) is 0.436. The monoisotopic (exact) mass is 263 g/mol. The Morgan fingerprint density at radius 3 is 2.53 bits per heavy atom. The van der Waals surface area contributed by atoms with E-state index in [1.54, 1.807) is 11.6 Å². The van der Waals surface area contributed by atoms with Crippen LogP contribution in [0.25, 0.3) is 0 Å². The fourth-order valence-electron chi connectivity index (χ4n) is 1.85. The Balaban J connectivity index is 1.98. The summed E-state index contributed by atoms with van der Waals surface area (Å²) >= 11 is 0. The molecule has 0 amide bonds. The lowest BCUT2D eigenvalue weighted by atomic mass is 9.93. The number of carbonyl (C=O) groups excluding carboxylic acids is 1. The SMILES string of the molecule is CC[C@@H]1CN1P1(=O)OCC(C)(C(=O)OC)CO1. The molecule has 0 aromatic carbocycles. The molecule has 0 spiro atoms. The molecule has 0 bridgehead atoms. The van der Waals surface area contributed by atoms with E-state index in [9.17, 15) is 9.36 Å². The molecule has 2 atom stereocenters. The van der Waals surface area contributed by atoms with Gasteiger partial charge in [-0.05, 0) is 13.3 Å². The van der Waals surface area contributed by atoms with Gasteiger partial charge in [0.2, 0.25) is 0 Å². The summed E-state index contributed by atoms with van der Waals surface area (Å²) in [6.07, 6.45) is 0.922. The van der Waals surface area contributed by atoms with Gasteiger partial charge in [0, 0.05) is 12.6 Å². The van der Waals surface area contributed by atoms with Crippen LogP contribution in [0.1, 0.15) is 20.3 Å². The molecular formula is C10H18NO5P. The molecule has 2 saturated heterocycles. The molecule has 0 aromatic rings. The number of hydrogen-bond acceptors (Lipinski definition) is 5. The molecule has 1 unspecified atom stereocenters. The Hall–Kier alpha value is -0.420. The van der Waals surface area contributed by atoms with Crippen LogP contribution in [-0.2, 0) is 23.1 Å². The van der Waals surface area contributed by atoms with Crippen molar-refractivity contribution in [2.45, 2.75) is 26.3 Å². The predicted molar refractivity (Wildman–Crippen MR) is 60.4 cm³/mol. The van der Waals surface area contributed by atoms with Gasteiger partial charge in [-0.25, -0.2) is 9.24 Å². The first kappa shape index (κ1) is 13.0. The second-order valence-corrected chi connectivity index (χ2v) is 6.72. The van der Waals surface area contributed by atoms with E-state index in [1.807, 2.05) is 6.92 Å². The molecule has 0 radical (unpaired) electrons. The van der Waals surface area contributed by atoms with E-state index in [2.05, 4.69) is 4.74 Å². The standard InChI is InChI=1S/C10H18NO5P/c1-4-8-5-11(8)17(13)15-6-10(2,7-16-17)9(12)14-3/h8H,4-7H2,1-3H3/t8-,10?,11?,17?/m1/s1. The van der Waals surface area contributed by atoms with Crippen LogP contribution in [-0.4, -0.2) is 43.5 Å². The van der Waals surface area contributed by atoms with Gasteiger partial charge >= 0.3 is 13.7 Å². The number of rotatable bonds is 3. The number of ether oxygens (including phenoxy) is 1. The number of esters is 1. The minimum Gasteiger partial charge on any atom is -0.468 e. The number of hydrogen-bond donors (Lipinski definition) is 0. The van der Waals surface area contributed by atoms with Crippen LogP contribution in [0.4, 0.5) is 0 Å². The Morgan fingerprint density at radius 1 is 1.53 bits per heavy atom. The Bertz CT molecular complexity index is 360. The molecule has 0 N–H and O–H groups in total. The number of carbonyl (C=O) groups is 1. The lowest BCUT2D eigenvalue weighted by Crippen LogP contribution is -2.41. The zero-order chi connectivity index (χ0) is 12.7. The van der Waals surface area contributed by atoms with Crippen molar-refractivity contribution in [1.82, 2.24) is 4.67 Å². The summed E-state index contributed by atoms with van der Waals surface area (Å²) in [5, 5.41) is 0.